The molecule has 0 fully saturated rings. The Morgan fingerprint density at radius 3 is 2.17 bits per heavy atom. The van der Waals surface area contributed by atoms with Gasteiger partial charge in [-0.3, -0.25) is 19.3 Å². The monoisotopic (exact) mass is 245 g/mol. The van der Waals surface area contributed by atoms with Gasteiger partial charge >= 0.3 is 5.97 Å². The van der Waals surface area contributed by atoms with Crippen LogP contribution in [0.15, 0.2) is 42.5 Å². The van der Waals surface area contributed by atoms with Crippen LogP contribution in [0.25, 0.3) is 0 Å². The average molecular weight is 245 g/mol. The van der Waals surface area contributed by atoms with Gasteiger partial charge in [-0.05, 0) is 5.56 Å². The van der Waals surface area contributed by atoms with Gasteiger partial charge in [0, 0.05) is 18.7 Å². The molecule has 1 heterocycles. The van der Waals surface area contributed by atoms with Crippen LogP contribution in [0, 0.1) is 0 Å². The smallest absolute Gasteiger partial charge is 0.312 e. The Kier molecular flexibility index (Phi) is 3.23. The largest absolute Gasteiger partial charge is 0.481 e. The molecule has 0 aromatic heterocycles. The van der Waals surface area contributed by atoms with E-state index in [-0.39, 0.29) is 6.54 Å². The van der Waals surface area contributed by atoms with Crippen molar-refractivity contribution in [2.75, 3.05) is 6.54 Å². The highest BCUT2D eigenvalue weighted by Crippen LogP contribution is 2.19. The highest BCUT2D eigenvalue weighted by molar-refractivity contribution is 6.13. The summed E-state index contributed by atoms with van der Waals surface area (Å²) in [4.78, 5) is 35.0. The molecule has 0 saturated carbocycles. The molecule has 5 heteroatoms. The quantitative estimate of drug-likeness (QED) is 0.795. The maximum absolute atomic E-state index is 11.4. The number of nitrogens with zero attached hydrogens (tertiary/aromatic N) is 1. The van der Waals surface area contributed by atoms with Crippen LogP contribution in [-0.4, -0.2) is 34.3 Å². The minimum atomic E-state index is -1.06. The second-order valence-electron chi connectivity index (χ2n) is 3.92. The molecular formula is C13H11NO4. The van der Waals surface area contributed by atoms with Crippen LogP contribution < -0.4 is 0 Å². The van der Waals surface area contributed by atoms with Crippen LogP contribution in [0.3, 0.4) is 0 Å². The van der Waals surface area contributed by atoms with Crippen molar-refractivity contribution in [1.29, 1.82) is 0 Å². The normalized spacial score (nSPS) is 16.1. The van der Waals surface area contributed by atoms with Gasteiger partial charge in [0.25, 0.3) is 11.8 Å². The van der Waals surface area contributed by atoms with Gasteiger partial charge in [0.2, 0.25) is 0 Å². The summed E-state index contributed by atoms with van der Waals surface area (Å²) in [6.07, 6.45) is 2.29. The van der Waals surface area contributed by atoms with Gasteiger partial charge < -0.3 is 5.11 Å². The van der Waals surface area contributed by atoms with Gasteiger partial charge in [-0.1, -0.05) is 30.3 Å². The highest BCUT2D eigenvalue weighted by atomic mass is 16.4. The van der Waals surface area contributed by atoms with Crippen molar-refractivity contribution in [3.63, 3.8) is 0 Å². The van der Waals surface area contributed by atoms with Crippen molar-refractivity contribution >= 4 is 17.8 Å². The van der Waals surface area contributed by atoms with Crippen LogP contribution in [0.2, 0.25) is 0 Å². The summed E-state index contributed by atoms with van der Waals surface area (Å²) in [5.74, 6) is -2.91. The third kappa shape index (κ3) is 2.29. The first-order valence-corrected chi connectivity index (χ1v) is 5.41. The Morgan fingerprint density at radius 2 is 1.67 bits per heavy atom. The molecule has 5 nitrogen and oxygen atoms in total. The van der Waals surface area contributed by atoms with Crippen molar-refractivity contribution in [2.24, 2.45) is 0 Å². The summed E-state index contributed by atoms with van der Waals surface area (Å²) < 4.78 is 0. The Labute approximate surface area is 103 Å². The predicted octanol–water partition coefficient (Wildman–Crippen LogP) is 0.780. The minimum Gasteiger partial charge on any atom is -0.481 e. The molecule has 0 saturated heterocycles. The molecule has 92 valence electrons. The van der Waals surface area contributed by atoms with E-state index < -0.39 is 23.7 Å². The molecule has 18 heavy (non-hydrogen) atoms. The van der Waals surface area contributed by atoms with Crippen molar-refractivity contribution in [2.45, 2.75) is 5.92 Å². The van der Waals surface area contributed by atoms with Crippen molar-refractivity contribution in [3.05, 3.63) is 48.0 Å². The molecule has 0 spiro atoms. The van der Waals surface area contributed by atoms with Gasteiger partial charge in [0.1, 0.15) is 0 Å². The lowest BCUT2D eigenvalue weighted by atomic mass is 9.99. The molecule has 0 radical (unpaired) electrons. The molecule has 1 aromatic rings. The Bertz CT molecular complexity index is 503. The van der Waals surface area contributed by atoms with Crippen LogP contribution in [0.1, 0.15) is 11.5 Å². The average Bonchev–Trinajstić information content (AvgIpc) is 2.67. The molecule has 1 N–H and O–H groups in total. The number of carbonyl (C=O) groups excluding carboxylic acids is 2. The van der Waals surface area contributed by atoms with Gasteiger partial charge in [-0.25, -0.2) is 0 Å². The fraction of sp³-hybridized carbons (Fsp3) is 0.154. The van der Waals surface area contributed by atoms with Crippen LogP contribution in [0.5, 0.6) is 0 Å². The summed E-state index contributed by atoms with van der Waals surface area (Å²) in [5, 5.41) is 9.19. The number of carboxylic acid groups (broad SMARTS) is 1. The molecule has 1 aliphatic heterocycles. The minimum absolute atomic E-state index is 0.149. The van der Waals surface area contributed by atoms with Crippen LogP contribution >= 0.6 is 0 Å². The predicted molar refractivity (Wildman–Crippen MR) is 62.7 cm³/mol. The van der Waals surface area contributed by atoms with E-state index >= 15 is 0 Å². The number of imide groups is 1. The zero-order valence-corrected chi connectivity index (χ0v) is 9.45. The van der Waals surface area contributed by atoms with Gasteiger partial charge in [-0.2, -0.15) is 0 Å². The summed E-state index contributed by atoms with van der Waals surface area (Å²) in [5.41, 5.74) is 0.567. The van der Waals surface area contributed by atoms with Crippen LogP contribution in [0.4, 0.5) is 0 Å². The van der Waals surface area contributed by atoms with Crippen molar-refractivity contribution in [3.8, 4) is 0 Å². The fourth-order valence-electron chi connectivity index (χ4n) is 1.81. The number of aliphatic carboxylic acids is 1. The second kappa shape index (κ2) is 4.83. The molecule has 0 bridgehead atoms. The third-order valence-corrected chi connectivity index (χ3v) is 2.77. The maximum Gasteiger partial charge on any atom is 0.312 e. The van der Waals surface area contributed by atoms with Gasteiger partial charge in [0.05, 0.1) is 5.92 Å². The summed E-state index contributed by atoms with van der Waals surface area (Å²) in [7, 11) is 0. The molecular weight excluding hydrogens is 234 g/mol. The van der Waals surface area contributed by atoms with Crippen molar-refractivity contribution < 1.29 is 19.5 Å². The molecule has 1 aliphatic rings. The van der Waals surface area contributed by atoms with E-state index in [1.807, 2.05) is 0 Å². The first kappa shape index (κ1) is 12.0. The molecule has 2 rings (SSSR count). The summed E-state index contributed by atoms with van der Waals surface area (Å²) in [6, 6.07) is 8.54. The first-order chi connectivity index (χ1) is 8.59. The number of carboxylic acids is 1. The van der Waals surface area contributed by atoms with E-state index in [0.29, 0.717) is 5.56 Å². The molecule has 2 amide bonds. The summed E-state index contributed by atoms with van der Waals surface area (Å²) in [6.45, 7) is -0.149. The Morgan fingerprint density at radius 1 is 1.11 bits per heavy atom. The number of carbonyl (C=O) groups is 3. The molecule has 1 atom stereocenters. The Hall–Kier alpha value is -2.43. The fourth-order valence-corrected chi connectivity index (χ4v) is 1.81. The van der Waals surface area contributed by atoms with E-state index in [1.165, 1.54) is 0 Å². The molecule has 1 unspecified atom stereocenters. The van der Waals surface area contributed by atoms with E-state index in [1.54, 1.807) is 30.3 Å². The number of rotatable bonds is 4. The third-order valence-electron chi connectivity index (χ3n) is 2.77. The SMILES string of the molecule is O=C(O)C(CN1C(=O)C=CC1=O)c1ccccc1. The van der Waals surface area contributed by atoms with Crippen LogP contribution in [-0.2, 0) is 14.4 Å². The zero-order chi connectivity index (χ0) is 13.1. The summed E-state index contributed by atoms with van der Waals surface area (Å²) >= 11 is 0. The number of hydrogen-bond acceptors (Lipinski definition) is 3. The topological polar surface area (TPSA) is 74.7 Å². The van der Waals surface area contributed by atoms with E-state index in [9.17, 15) is 19.5 Å². The number of benzene rings is 1. The standard InChI is InChI=1S/C13H11NO4/c15-11-6-7-12(16)14(11)8-10(13(17)18)9-4-2-1-3-5-9/h1-7,10H,8H2,(H,17,18). The van der Waals surface area contributed by atoms with E-state index in [2.05, 4.69) is 0 Å². The van der Waals surface area contributed by atoms with Gasteiger partial charge in [-0.15, -0.1) is 0 Å². The van der Waals surface area contributed by atoms with Gasteiger partial charge in [0.15, 0.2) is 0 Å². The Balaban J connectivity index is 2.21. The highest BCUT2D eigenvalue weighted by Gasteiger charge is 2.30. The number of hydrogen-bond donors (Lipinski definition) is 1. The maximum atomic E-state index is 11.4. The lowest BCUT2D eigenvalue weighted by Gasteiger charge is -2.19. The lowest BCUT2D eigenvalue weighted by Crippen LogP contribution is -2.36. The zero-order valence-electron chi connectivity index (χ0n) is 9.45. The van der Waals surface area contributed by atoms with Crippen molar-refractivity contribution in [1.82, 2.24) is 4.90 Å². The second-order valence-corrected chi connectivity index (χ2v) is 3.92. The lowest BCUT2D eigenvalue weighted by molar-refractivity contribution is -0.141. The first-order valence-electron chi connectivity index (χ1n) is 5.41. The van der Waals surface area contributed by atoms with E-state index in [0.717, 1.165) is 17.1 Å². The van der Waals surface area contributed by atoms with E-state index in [4.69, 9.17) is 0 Å². The number of amides is 2. The molecule has 0 aliphatic carbocycles. The molecule has 1 aromatic carbocycles.